The number of rotatable bonds is 5. The van der Waals surface area contributed by atoms with Gasteiger partial charge in [-0.05, 0) is 44.4 Å². The Bertz CT molecular complexity index is 740. The molecule has 2 rings (SSSR count). The summed E-state index contributed by atoms with van der Waals surface area (Å²) in [4.78, 5) is 0. The van der Waals surface area contributed by atoms with Crippen molar-refractivity contribution in [2.24, 2.45) is 0 Å². The van der Waals surface area contributed by atoms with Crippen molar-refractivity contribution in [3.8, 4) is 34.1 Å². The Morgan fingerprint density at radius 1 is 0.542 bits per heavy atom. The third-order valence-electron chi connectivity index (χ3n) is 4.30. The molecule has 24 heavy (non-hydrogen) atoms. The molecule has 130 valence electrons. The SMILES string of the molecule is COc1c(C)c(-c2c(C)cc(C)cc2C)c(OC)c(OC)c1OC. The minimum absolute atomic E-state index is 0.539. The third-order valence-corrected chi connectivity index (χ3v) is 4.30. The lowest BCUT2D eigenvalue weighted by Crippen LogP contribution is -2.04. The van der Waals surface area contributed by atoms with Gasteiger partial charge >= 0.3 is 0 Å². The normalized spacial score (nSPS) is 10.5. The molecule has 0 heterocycles. The van der Waals surface area contributed by atoms with Crippen molar-refractivity contribution in [3.63, 3.8) is 0 Å². The summed E-state index contributed by atoms with van der Waals surface area (Å²) < 4.78 is 22.5. The average molecular weight is 330 g/mol. The molecule has 0 atom stereocenters. The molecule has 0 saturated carbocycles. The molecule has 4 heteroatoms. The standard InChI is InChI=1S/C20H26O4/c1-11-9-12(2)15(13(3)10-11)16-14(4)17(21-5)19(23-7)20(24-8)18(16)22-6/h9-10H,1-8H3. The van der Waals surface area contributed by atoms with E-state index in [4.69, 9.17) is 18.9 Å². The number of hydrogen-bond acceptors (Lipinski definition) is 4. The van der Waals surface area contributed by atoms with E-state index in [2.05, 4.69) is 32.9 Å². The first kappa shape index (κ1) is 18.0. The van der Waals surface area contributed by atoms with Crippen molar-refractivity contribution < 1.29 is 18.9 Å². The van der Waals surface area contributed by atoms with E-state index in [-0.39, 0.29) is 0 Å². The molecule has 0 spiro atoms. The predicted molar refractivity (Wildman–Crippen MR) is 97.0 cm³/mol. The van der Waals surface area contributed by atoms with E-state index < -0.39 is 0 Å². The van der Waals surface area contributed by atoms with E-state index in [1.807, 2.05) is 6.92 Å². The van der Waals surface area contributed by atoms with E-state index in [0.29, 0.717) is 23.0 Å². The van der Waals surface area contributed by atoms with Crippen molar-refractivity contribution in [2.75, 3.05) is 28.4 Å². The summed E-state index contributed by atoms with van der Waals surface area (Å²) in [6, 6.07) is 4.34. The lowest BCUT2D eigenvalue weighted by atomic mass is 9.89. The molecule has 0 N–H and O–H groups in total. The Balaban J connectivity index is 2.99. The Kier molecular flexibility index (Phi) is 5.27. The molecule has 0 unspecified atom stereocenters. The van der Waals surface area contributed by atoms with Gasteiger partial charge in [-0.3, -0.25) is 0 Å². The Labute approximate surface area is 144 Å². The highest BCUT2D eigenvalue weighted by Crippen LogP contribution is 2.53. The summed E-state index contributed by atoms with van der Waals surface area (Å²) in [6.45, 7) is 8.33. The van der Waals surface area contributed by atoms with Crippen LogP contribution in [0.15, 0.2) is 12.1 Å². The number of benzene rings is 2. The fraction of sp³-hybridized carbons (Fsp3) is 0.400. The van der Waals surface area contributed by atoms with E-state index in [1.165, 1.54) is 16.7 Å². The van der Waals surface area contributed by atoms with Crippen molar-refractivity contribution in [2.45, 2.75) is 27.7 Å². The largest absolute Gasteiger partial charge is 0.492 e. The van der Waals surface area contributed by atoms with Crippen LogP contribution in [0.5, 0.6) is 23.0 Å². The second-order valence-electron chi connectivity index (χ2n) is 5.91. The average Bonchev–Trinajstić information content (AvgIpc) is 2.54. The molecule has 0 amide bonds. The van der Waals surface area contributed by atoms with Gasteiger partial charge in [0.1, 0.15) is 0 Å². The van der Waals surface area contributed by atoms with E-state index in [0.717, 1.165) is 16.7 Å². The minimum atomic E-state index is 0.539. The molecule has 4 nitrogen and oxygen atoms in total. The maximum Gasteiger partial charge on any atom is 0.207 e. The smallest absolute Gasteiger partial charge is 0.207 e. The zero-order chi connectivity index (χ0) is 18.0. The highest BCUT2D eigenvalue weighted by molar-refractivity contribution is 5.86. The van der Waals surface area contributed by atoms with E-state index >= 15 is 0 Å². The molecular weight excluding hydrogens is 304 g/mol. The van der Waals surface area contributed by atoms with Crippen LogP contribution in [0, 0.1) is 27.7 Å². The zero-order valence-electron chi connectivity index (χ0n) is 15.8. The summed E-state index contributed by atoms with van der Waals surface area (Å²) >= 11 is 0. The number of methoxy groups -OCH3 is 4. The second kappa shape index (κ2) is 7.04. The third kappa shape index (κ3) is 2.77. The number of aryl methyl sites for hydroxylation is 3. The van der Waals surface area contributed by atoms with Crippen LogP contribution in [0.2, 0.25) is 0 Å². The van der Waals surface area contributed by atoms with Gasteiger partial charge in [-0.15, -0.1) is 0 Å². The van der Waals surface area contributed by atoms with Crippen LogP contribution in [0.4, 0.5) is 0 Å². The predicted octanol–water partition coefficient (Wildman–Crippen LogP) is 4.62. The van der Waals surface area contributed by atoms with Crippen molar-refractivity contribution >= 4 is 0 Å². The summed E-state index contributed by atoms with van der Waals surface area (Å²) in [7, 11) is 6.48. The first-order chi connectivity index (χ1) is 11.4. The highest BCUT2D eigenvalue weighted by atomic mass is 16.5. The molecule has 0 radical (unpaired) electrons. The van der Waals surface area contributed by atoms with Crippen LogP contribution < -0.4 is 18.9 Å². The topological polar surface area (TPSA) is 36.9 Å². The van der Waals surface area contributed by atoms with Crippen molar-refractivity contribution in [1.82, 2.24) is 0 Å². The first-order valence-electron chi connectivity index (χ1n) is 7.85. The molecule has 0 bridgehead atoms. The van der Waals surface area contributed by atoms with Crippen LogP contribution in [0.3, 0.4) is 0 Å². The molecule has 0 fully saturated rings. The van der Waals surface area contributed by atoms with Gasteiger partial charge < -0.3 is 18.9 Å². The lowest BCUT2D eigenvalue weighted by Gasteiger charge is -2.23. The van der Waals surface area contributed by atoms with Crippen molar-refractivity contribution in [1.29, 1.82) is 0 Å². The van der Waals surface area contributed by atoms with E-state index in [1.54, 1.807) is 28.4 Å². The summed E-state index contributed by atoms with van der Waals surface area (Å²) in [5.74, 6) is 2.39. The van der Waals surface area contributed by atoms with Gasteiger partial charge in [0, 0.05) is 11.1 Å². The Morgan fingerprint density at radius 3 is 1.38 bits per heavy atom. The second-order valence-corrected chi connectivity index (χ2v) is 5.91. The summed E-state index contributed by atoms with van der Waals surface area (Å²) in [5, 5.41) is 0. The van der Waals surface area contributed by atoms with Crippen molar-refractivity contribution in [3.05, 3.63) is 34.4 Å². The molecule has 2 aromatic carbocycles. The van der Waals surface area contributed by atoms with E-state index in [9.17, 15) is 0 Å². The van der Waals surface area contributed by atoms with Gasteiger partial charge in [0.05, 0.1) is 28.4 Å². The molecule has 0 aliphatic carbocycles. The quantitative estimate of drug-likeness (QED) is 0.801. The fourth-order valence-electron chi connectivity index (χ4n) is 3.46. The molecule has 0 aliphatic rings. The Morgan fingerprint density at radius 2 is 0.958 bits per heavy atom. The fourth-order valence-corrected chi connectivity index (χ4v) is 3.46. The van der Waals surface area contributed by atoms with Crippen LogP contribution in [0.25, 0.3) is 11.1 Å². The first-order valence-corrected chi connectivity index (χ1v) is 7.85. The molecule has 2 aromatic rings. The maximum absolute atomic E-state index is 5.72. The van der Waals surface area contributed by atoms with Gasteiger partial charge in [0.25, 0.3) is 0 Å². The number of hydrogen-bond donors (Lipinski definition) is 0. The van der Waals surface area contributed by atoms with Gasteiger partial charge in [-0.1, -0.05) is 17.7 Å². The minimum Gasteiger partial charge on any atom is -0.492 e. The molecular formula is C20H26O4. The lowest BCUT2D eigenvalue weighted by molar-refractivity contribution is 0.305. The molecule has 0 aliphatic heterocycles. The number of ether oxygens (including phenoxy) is 4. The summed E-state index contributed by atoms with van der Waals surface area (Å²) in [6.07, 6.45) is 0. The Hall–Kier alpha value is -2.36. The maximum atomic E-state index is 5.72. The van der Waals surface area contributed by atoms with Crippen LogP contribution in [-0.4, -0.2) is 28.4 Å². The van der Waals surface area contributed by atoms with Gasteiger partial charge in [0.15, 0.2) is 11.5 Å². The zero-order valence-corrected chi connectivity index (χ0v) is 15.8. The monoisotopic (exact) mass is 330 g/mol. The molecule has 0 saturated heterocycles. The van der Waals surface area contributed by atoms with Gasteiger partial charge in [0.2, 0.25) is 11.5 Å². The van der Waals surface area contributed by atoms with Crippen LogP contribution >= 0.6 is 0 Å². The van der Waals surface area contributed by atoms with Crippen LogP contribution in [0.1, 0.15) is 22.3 Å². The highest BCUT2D eigenvalue weighted by Gasteiger charge is 2.27. The van der Waals surface area contributed by atoms with Crippen LogP contribution in [-0.2, 0) is 0 Å². The van der Waals surface area contributed by atoms with Gasteiger partial charge in [-0.25, -0.2) is 0 Å². The molecule has 0 aromatic heterocycles. The van der Waals surface area contributed by atoms with Gasteiger partial charge in [-0.2, -0.15) is 0 Å². The summed E-state index contributed by atoms with van der Waals surface area (Å²) in [5.41, 5.74) is 6.67.